The minimum Gasteiger partial charge on any atom is -0.396 e. The molecule has 1 aromatic carbocycles. The lowest BCUT2D eigenvalue weighted by Crippen LogP contribution is -2.23. The number of carbonyl (C=O) groups is 1. The second kappa shape index (κ2) is 5.98. The number of nitrogens with zero attached hydrogens (tertiary/aromatic N) is 1. The van der Waals surface area contributed by atoms with Crippen molar-refractivity contribution in [3.05, 3.63) is 29.3 Å². The van der Waals surface area contributed by atoms with Gasteiger partial charge in [0.15, 0.2) is 0 Å². The average molecular weight is 248 g/mol. The van der Waals surface area contributed by atoms with Crippen molar-refractivity contribution in [3.8, 4) is 0 Å². The number of carbonyl (C=O) groups excluding carboxylic acids is 1. The Morgan fingerprint density at radius 2 is 2.22 bits per heavy atom. The summed E-state index contributed by atoms with van der Waals surface area (Å²) in [6.07, 6.45) is 2.30. The highest BCUT2D eigenvalue weighted by Gasteiger charge is 2.17. The molecule has 0 aliphatic carbocycles. The molecule has 2 N–H and O–H groups in total. The van der Waals surface area contributed by atoms with Crippen molar-refractivity contribution in [3.63, 3.8) is 0 Å². The highest BCUT2D eigenvalue weighted by atomic mass is 16.3. The Morgan fingerprint density at radius 3 is 3.00 bits per heavy atom. The molecule has 2 rings (SSSR count). The predicted molar refractivity (Wildman–Crippen MR) is 71.7 cm³/mol. The number of anilines is 1. The van der Waals surface area contributed by atoms with E-state index in [1.54, 1.807) is 0 Å². The topological polar surface area (TPSA) is 52.6 Å². The fourth-order valence-electron chi connectivity index (χ4n) is 2.21. The van der Waals surface area contributed by atoms with Crippen LogP contribution in [0.25, 0.3) is 0 Å². The molecule has 1 heterocycles. The van der Waals surface area contributed by atoms with E-state index < -0.39 is 0 Å². The maximum Gasteiger partial charge on any atom is 0.228 e. The Morgan fingerprint density at radius 1 is 1.39 bits per heavy atom. The fourth-order valence-corrected chi connectivity index (χ4v) is 2.21. The van der Waals surface area contributed by atoms with Crippen LogP contribution in [0.5, 0.6) is 0 Å². The minimum atomic E-state index is 0.0854. The Balaban J connectivity index is 1.87. The molecule has 0 unspecified atom stereocenters. The molecular formula is C14H20N2O2. The average Bonchev–Trinajstić information content (AvgIpc) is 2.73. The van der Waals surface area contributed by atoms with Crippen LogP contribution in [0, 0.1) is 0 Å². The Bertz CT molecular complexity index is 432. The van der Waals surface area contributed by atoms with Crippen LogP contribution in [0.15, 0.2) is 18.2 Å². The summed E-state index contributed by atoms with van der Waals surface area (Å²) in [5.74, 6) is 0.0854. The summed E-state index contributed by atoms with van der Waals surface area (Å²) in [6.45, 7) is 2.14. The molecule has 0 fully saturated rings. The summed E-state index contributed by atoms with van der Waals surface area (Å²) in [5, 5.41) is 11.6. The molecule has 18 heavy (non-hydrogen) atoms. The van der Waals surface area contributed by atoms with Gasteiger partial charge in [0, 0.05) is 25.4 Å². The van der Waals surface area contributed by atoms with Crippen molar-refractivity contribution in [1.82, 2.24) is 4.90 Å². The van der Waals surface area contributed by atoms with Crippen LogP contribution in [-0.4, -0.2) is 42.7 Å². The first kappa shape index (κ1) is 13.1. The highest BCUT2D eigenvalue weighted by molar-refractivity contribution is 5.99. The molecule has 0 bridgehead atoms. The van der Waals surface area contributed by atoms with Gasteiger partial charge in [-0.05, 0) is 37.1 Å². The Hall–Kier alpha value is -1.39. The van der Waals surface area contributed by atoms with E-state index in [0.717, 1.165) is 37.2 Å². The first-order valence-electron chi connectivity index (χ1n) is 6.40. The van der Waals surface area contributed by atoms with Crippen molar-refractivity contribution in [2.45, 2.75) is 19.3 Å². The van der Waals surface area contributed by atoms with E-state index in [1.165, 1.54) is 5.56 Å². The predicted octanol–water partition coefficient (Wildman–Crippen LogP) is 1.04. The zero-order valence-electron chi connectivity index (χ0n) is 10.8. The molecule has 4 nitrogen and oxygen atoms in total. The number of aliphatic hydroxyl groups excluding tert-OH is 1. The third-order valence-electron chi connectivity index (χ3n) is 3.27. The van der Waals surface area contributed by atoms with Gasteiger partial charge in [-0.2, -0.15) is 0 Å². The van der Waals surface area contributed by atoms with E-state index in [4.69, 9.17) is 5.11 Å². The van der Waals surface area contributed by atoms with Crippen LogP contribution in [-0.2, 0) is 17.6 Å². The van der Waals surface area contributed by atoms with Crippen molar-refractivity contribution in [1.29, 1.82) is 0 Å². The number of amides is 1. The molecule has 1 aliphatic heterocycles. The van der Waals surface area contributed by atoms with Gasteiger partial charge in [0.2, 0.25) is 5.91 Å². The largest absolute Gasteiger partial charge is 0.396 e. The van der Waals surface area contributed by atoms with E-state index in [0.29, 0.717) is 6.42 Å². The lowest BCUT2D eigenvalue weighted by atomic mass is 10.1. The molecular weight excluding hydrogens is 228 g/mol. The molecule has 0 saturated heterocycles. The molecule has 0 radical (unpaired) electrons. The fraction of sp³-hybridized carbons (Fsp3) is 0.500. The second-order valence-corrected chi connectivity index (χ2v) is 4.85. The van der Waals surface area contributed by atoms with E-state index in [9.17, 15) is 4.79 Å². The van der Waals surface area contributed by atoms with Crippen molar-refractivity contribution >= 4 is 11.6 Å². The Kier molecular flexibility index (Phi) is 4.33. The lowest BCUT2D eigenvalue weighted by molar-refractivity contribution is -0.115. The highest BCUT2D eigenvalue weighted by Crippen LogP contribution is 2.23. The zero-order valence-corrected chi connectivity index (χ0v) is 10.8. The number of aliphatic hydroxyl groups is 1. The van der Waals surface area contributed by atoms with Crippen LogP contribution in [0.2, 0.25) is 0 Å². The van der Waals surface area contributed by atoms with Gasteiger partial charge in [-0.1, -0.05) is 12.1 Å². The smallest absolute Gasteiger partial charge is 0.228 e. The van der Waals surface area contributed by atoms with Crippen molar-refractivity contribution in [2.75, 3.05) is 32.1 Å². The van der Waals surface area contributed by atoms with Crippen LogP contribution < -0.4 is 5.32 Å². The van der Waals surface area contributed by atoms with Gasteiger partial charge < -0.3 is 15.3 Å². The van der Waals surface area contributed by atoms with Crippen molar-refractivity contribution in [2.24, 2.45) is 0 Å². The molecule has 0 saturated carbocycles. The summed E-state index contributed by atoms with van der Waals surface area (Å²) in [6, 6.07) is 6.18. The monoisotopic (exact) mass is 248 g/mol. The quantitative estimate of drug-likeness (QED) is 0.791. The van der Waals surface area contributed by atoms with Crippen molar-refractivity contribution < 1.29 is 9.90 Å². The number of rotatable bonds is 6. The second-order valence-electron chi connectivity index (χ2n) is 4.85. The molecule has 1 aromatic rings. The van der Waals surface area contributed by atoms with Crippen LogP contribution in [0.1, 0.15) is 17.5 Å². The standard InChI is InChI=1S/C14H20N2O2/c1-16(6-2-8-17)7-5-11-3-4-13-12(9-11)10-14(18)15-13/h3-4,9,17H,2,5-8,10H2,1H3,(H,15,18). The number of fused-ring (bicyclic) bond motifs is 1. The van der Waals surface area contributed by atoms with E-state index in [-0.39, 0.29) is 12.5 Å². The summed E-state index contributed by atoms with van der Waals surface area (Å²) >= 11 is 0. The lowest BCUT2D eigenvalue weighted by Gasteiger charge is -2.15. The summed E-state index contributed by atoms with van der Waals surface area (Å²) in [7, 11) is 2.06. The van der Waals surface area contributed by atoms with Gasteiger partial charge in [0.05, 0.1) is 6.42 Å². The maximum atomic E-state index is 11.3. The van der Waals surface area contributed by atoms with Crippen LogP contribution >= 0.6 is 0 Å². The first-order valence-corrected chi connectivity index (χ1v) is 6.40. The van der Waals surface area contributed by atoms with Gasteiger partial charge in [0.1, 0.15) is 0 Å². The van der Waals surface area contributed by atoms with Crippen LogP contribution in [0.4, 0.5) is 5.69 Å². The molecule has 4 heteroatoms. The molecule has 1 aliphatic rings. The number of benzene rings is 1. The van der Waals surface area contributed by atoms with Gasteiger partial charge >= 0.3 is 0 Å². The summed E-state index contributed by atoms with van der Waals surface area (Å²) in [5.41, 5.74) is 3.33. The van der Waals surface area contributed by atoms with E-state index in [1.807, 2.05) is 6.07 Å². The maximum absolute atomic E-state index is 11.3. The number of hydrogen-bond donors (Lipinski definition) is 2. The van der Waals surface area contributed by atoms with Gasteiger partial charge in [-0.25, -0.2) is 0 Å². The minimum absolute atomic E-state index is 0.0854. The molecule has 0 atom stereocenters. The van der Waals surface area contributed by atoms with E-state index in [2.05, 4.69) is 29.4 Å². The molecule has 98 valence electrons. The summed E-state index contributed by atoms with van der Waals surface area (Å²) in [4.78, 5) is 13.5. The third kappa shape index (κ3) is 3.31. The summed E-state index contributed by atoms with van der Waals surface area (Å²) < 4.78 is 0. The Labute approximate surface area is 108 Å². The normalized spacial score (nSPS) is 13.8. The molecule has 1 amide bonds. The van der Waals surface area contributed by atoms with Gasteiger partial charge in [-0.15, -0.1) is 0 Å². The zero-order chi connectivity index (χ0) is 13.0. The number of hydrogen-bond acceptors (Lipinski definition) is 3. The third-order valence-corrected chi connectivity index (χ3v) is 3.27. The van der Waals surface area contributed by atoms with E-state index >= 15 is 0 Å². The van der Waals surface area contributed by atoms with Crippen LogP contribution in [0.3, 0.4) is 0 Å². The van der Waals surface area contributed by atoms with Gasteiger partial charge in [-0.3, -0.25) is 4.79 Å². The molecule has 0 aromatic heterocycles. The first-order chi connectivity index (χ1) is 8.69. The SMILES string of the molecule is CN(CCCO)CCc1ccc2c(c1)CC(=O)N2. The molecule has 0 spiro atoms. The van der Waals surface area contributed by atoms with Gasteiger partial charge in [0.25, 0.3) is 0 Å². The number of likely N-dealkylation sites (N-methyl/N-ethyl adjacent to an activating group) is 1. The number of nitrogens with one attached hydrogen (secondary N) is 1.